The maximum atomic E-state index is 12.5. The van der Waals surface area contributed by atoms with Gasteiger partial charge >= 0.3 is 5.97 Å². The van der Waals surface area contributed by atoms with Crippen LogP contribution in [-0.4, -0.2) is 53.5 Å². The first-order valence-corrected chi connectivity index (χ1v) is 8.61. The third kappa shape index (κ3) is 6.69. The topological polar surface area (TPSA) is 151 Å². The van der Waals surface area contributed by atoms with Gasteiger partial charge in [-0.25, -0.2) is 4.79 Å². The molecule has 3 amide bonds. The minimum Gasteiger partial charge on any atom is -0.480 e. The van der Waals surface area contributed by atoms with E-state index in [0.29, 0.717) is 12.8 Å². The van der Waals surface area contributed by atoms with Gasteiger partial charge < -0.3 is 26.8 Å². The molecule has 1 heterocycles. The van der Waals surface area contributed by atoms with Gasteiger partial charge in [-0.15, -0.1) is 0 Å². The van der Waals surface area contributed by atoms with Crippen LogP contribution in [0, 0.1) is 5.92 Å². The molecule has 6 N–H and O–H groups in total. The number of aliphatic carboxylic acids is 1. The zero-order chi connectivity index (χ0) is 19.0. The van der Waals surface area contributed by atoms with Crippen LogP contribution in [0.1, 0.15) is 46.0 Å². The van der Waals surface area contributed by atoms with Gasteiger partial charge in [0.25, 0.3) is 0 Å². The van der Waals surface area contributed by atoms with Crippen molar-refractivity contribution in [1.82, 2.24) is 16.0 Å². The molecule has 1 fully saturated rings. The summed E-state index contributed by atoms with van der Waals surface area (Å²) in [5, 5.41) is 17.4. The Hall–Kier alpha value is -2.16. The fourth-order valence-corrected chi connectivity index (χ4v) is 2.67. The van der Waals surface area contributed by atoms with Gasteiger partial charge in [0.2, 0.25) is 17.7 Å². The number of rotatable bonds is 10. The predicted octanol–water partition coefficient (Wildman–Crippen LogP) is -0.896. The van der Waals surface area contributed by atoms with E-state index in [9.17, 15) is 24.3 Å². The molecule has 1 aliphatic heterocycles. The lowest BCUT2D eigenvalue weighted by Crippen LogP contribution is -2.55. The summed E-state index contributed by atoms with van der Waals surface area (Å²) in [6.07, 6.45) is 2.04. The van der Waals surface area contributed by atoms with E-state index in [0.717, 1.165) is 13.0 Å². The number of amides is 3. The van der Waals surface area contributed by atoms with Gasteiger partial charge in [0, 0.05) is 6.42 Å². The molecular formula is C16H28N4O5. The highest BCUT2D eigenvalue weighted by Crippen LogP contribution is 2.10. The van der Waals surface area contributed by atoms with E-state index in [-0.39, 0.29) is 30.7 Å². The van der Waals surface area contributed by atoms with Crippen molar-refractivity contribution in [2.24, 2.45) is 11.7 Å². The summed E-state index contributed by atoms with van der Waals surface area (Å²) in [4.78, 5) is 47.1. The van der Waals surface area contributed by atoms with Gasteiger partial charge in [0.05, 0.1) is 6.04 Å². The van der Waals surface area contributed by atoms with Crippen molar-refractivity contribution in [2.45, 2.75) is 64.1 Å². The smallest absolute Gasteiger partial charge is 0.326 e. The fourth-order valence-electron chi connectivity index (χ4n) is 2.67. The predicted molar refractivity (Wildman–Crippen MR) is 90.4 cm³/mol. The van der Waals surface area contributed by atoms with Crippen molar-refractivity contribution in [1.29, 1.82) is 0 Å². The van der Waals surface area contributed by atoms with Crippen LogP contribution >= 0.6 is 0 Å². The Balaban J connectivity index is 2.78. The molecule has 142 valence electrons. The molecule has 4 atom stereocenters. The molecule has 0 aromatic rings. The Kier molecular flexibility index (Phi) is 8.33. The quantitative estimate of drug-likeness (QED) is 0.342. The summed E-state index contributed by atoms with van der Waals surface area (Å²) in [6.45, 7) is 4.27. The Bertz CT molecular complexity index is 505. The number of hydrogen-bond donors (Lipinski definition) is 5. The summed E-state index contributed by atoms with van der Waals surface area (Å²) in [7, 11) is 0. The van der Waals surface area contributed by atoms with Crippen LogP contribution in [0.15, 0.2) is 0 Å². The summed E-state index contributed by atoms with van der Waals surface area (Å²) in [5.74, 6) is -2.97. The number of carbonyl (C=O) groups is 4. The van der Waals surface area contributed by atoms with Crippen molar-refractivity contribution in [3.8, 4) is 0 Å². The maximum absolute atomic E-state index is 12.5. The second kappa shape index (κ2) is 9.97. The van der Waals surface area contributed by atoms with E-state index in [4.69, 9.17) is 5.73 Å². The third-order valence-electron chi connectivity index (χ3n) is 4.47. The van der Waals surface area contributed by atoms with Crippen LogP contribution in [0.2, 0.25) is 0 Å². The standard InChI is InChI=1S/C16H28N4O5/c1-3-9(2)13(16(24)25)20-15(23)11(6-7-12(17)21)19-14(22)10-5-4-8-18-10/h9-11,13,18H,3-8H2,1-2H3,(H2,17,21)(H,19,22)(H,20,23)(H,24,25)/t9-,10-,11-,13-/m0/s1. The second-order valence-electron chi connectivity index (χ2n) is 6.43. The van der Waals surface area contributed by atoms with E-state index < -0.39 is 29.9 Å². The summed E-state index contributed by atoms with van der Waals surface area (Å²) in [6, 6.07) is -2.45. The van der Waals surface area contributed by atoms with Crippen LogP contribution in [0.3, 0.4) is 0 Å². The monoisotopic (exact) mass is 356 g/mol. The molecule has 0 aromatic carbocycles. The lowest BCUT2D eigenvalue weighted by Gasteiger charge is -2.25. The Labute approximate surface area is 147 Å². The Morgan fingerprint density at radius 3 is 2.44 bits per heavy atom. The molecular weight excluding hydrogens is 328 g/mol. The number of hydrogen-bond acceptors (Lipinski definition) is 5. The van der Waals surface area contributed by atoms with E-state index in [2.05, 4.69) is 16.0 Å². The summed E-state index contributed by atoms with van der Waals surface area (Å²) >= 11 is 0. The van der Waals surface area contributed by atoms with Crippen LogP contribution < -0.4 is 21.7 Å². The van der Waals surface area contributed by atoms with Crippen molar-refractivity contribution in [2.75, 3.05) is 6.54 Å². The lowest BCUT2D eigenvalue weighted by molar-refractivity contribution is -0.144. The molecule has 9 heteroatoms. The number of carboxylic acids is 1. The van der Waals surface area contributed by atoms with E-state index in [1.807, 2.05) is 6.92 Å². The molecule has 0 aliphatic carbocycles. The highest BCUT2D eigenvalue weighted by molar-refractivity contribution is 5.92. The van der Waals surface area contributed by atoms with Crippen LogP contribution in [-0.2, 0) is 19.2 Å². The molecule has 0 radical (unpaired) electrons. The first-order chi connectivity index (χ1) is 11.8. The first-order valence-electron chi connectivity index (χ1n) is 8.61. The molecule has 0 saturated carbocycles. The first kappa shape index (κ1) is 20.9. The number of nitrogens with two attached hydrogens (primary N) is 1. The SMILES string of the molecule is CC[C@H](C)[C@H](NC(=O)[C@H](CCC(N)=O)NC(=O)[C@@H]1CCCN1)C(=O)O. The van der Waals surface area contributed by atoms with E-state index in [1.54, 1.807) is 6.92 Å². The van der Waals surface area contributed by atoms with Crippen LogP contribution in [0.25, 0.3) is 0 Å². The van der Waals surface area contributed by atoms with Gasteiger partial charge in [-0.3, -0.25) is 14.4 Å². The number of nitrogens with one attached hydrogen (secondary N) is 3. The molecule has 25 heavy (non-hydrogen) atoms. The van der Waals surface area contributed by atoms with Gasteiger partial charge in [0.15, 0.2) is 0 Å². The molecule has 1 rings (SSSR count). The minimum absolute atomic E-state index is 0.0203. The minimum atomic E-state index is -1.14. The molecule has 0 spiro atoms. The lowest BCUT2D eigenvalue weighted by atomic mass is 9.98. The van der Waals surface area contributed by atoms with Crippen LogP contribution in [0.5, 0.6) is 0 Å². The average molecular weight is 356 g/mol. The highest BCUT2D eigenvalue weighted by Gasteiger charge is 2.31. The van der Waals surface area contributed by atoms with Crippen molar-refractivity contribution >= 4 is 23.7 Å². The third-order valence-corrected chi connectivity index (χ3v) is 4.47. The largest absolute Gasteiger partial charge is 0.480 e. The van der Waals surface area contributed by atoms with Crippen molar-refractivity contribution < 1.29 is 24.3 Å². The van der Waals surface area contributed by atoms with Crippen LogP contribution in [0.4, 0.5) is 0 Å². The summed E-state index contributed by atoms with van der Waals surface area (Å²) < 4.78 is 0. The highest BCUT2D eigenvalue weighted by atomic mass is 16.4. The normalized spacial score (nSPS) is 20.3. The molecule has 1 aliphatic rings. The number of carbonyl (C=O) groups excluding carboxylic acids is 3. The molecule has 1 saturated heterocycles. The zero-order valence-corrected chi connectivity index (χ0v) is 14.7. The molecule has 0 bridgehead atoms. The van der Waals surface area contributed by atoms with Gasteiger partial charge in [0.1, 0.15) is 12.1 Å². The molecule has 0 aromatic heterocycles. The average Bonchev–Trinajstić information content (AvgIpc) is 3.09. The van der Waals surface area contributed by atoms with Crippen molar-refractivity contribution in [3.63, 3.8) is 0 Å². The zero-order valence-electron chi connectivity index (χ0n) is 14.7. The Morgan fingerprint density at radius 1 is 1.28 bits per heavy atom. The van der Waals surface area contributed by atoms with Crippen molar-refractivity contribution in [3.05, 3.63) is 0 Å². The number of carboxylic acid groups (broad SMARTS) is 1. The summed E-state index contributed by atoms with van der Waals surface area (Å²) in [5.41, 5.74) is 5.12. The van der Waals surface area contributed by atoms with E-state index >= 15 is 0 Å². The van der Waals surface area contributed by atoms with Gasteiger partial charge in [-0.1, -0.05) is 20.3 Å². The van der Waals surface area contributed by atoms with Gasteiger partial charge in [-0.2, -0.15) is 0 Å². The second-order valence-corrected chi connectivity index (χ2v) is 6.43. The fraction of sp³-hybridized carbons (Fsp3) is 0.750. The molecule has 9 nitrogen and oxygen atoms in total. The Morgan fingerprint density at radius 2 is 1.96 bits per heavy atom. The molecule has 0 unspecified atom stereocenters. The maximum Gasteiger partial charge on any atom is 0.326 e. The van der Waals surface area contributed by atoms with E-state index in [1.165, 1.54) is 0 Å². The van der Waals surface area contributed by atoms with Gasteiger partial charge in [-0.05, 0) is 31.7 Å². The number of primary amides is 1.